The third-order valence-corrected chi connectivity index (χ3v) is 6.16. The van der Waals surface area contributed by atoms with Gasteiger partial charge in [-0.25, -0.2) is 13.1 Å². The van der Waals surface area contributed by atoms with Gasteiger partial charge in [0.25, 0.3) is 0 Å². The van der Waals surface area contributed by atoms with Gasteiger partial charge in [-0.05, 0) is 50.3 Å². The van der Waals surface area contributed by atoms with Gasteiger partial charge in [0.2, 0.25) is 15.9 Å². The third-order valence-electron chi connectivity index (χ3n) is 4.88. The van der Waals surface area contributed by atoms with E-state index >= 15 is 0 Å². The van der Waals surface area contributed by atoms with Crippen LogP contribution in [0.2, 0.25) is 0 Å². The van der Waals surface area contributed by atoms with Crippen LogP contribution in [0.5, 0.6) is 0 Å². The second kappa shape index (κ2) is 8.22. The molecule has 146 valence electrons. The Balaban J connectivity index is 1.51. The summed E-state index contributed by atoms with van der Waals surface area (Å²) in [5.74, 6) is -0.199. The number of benzene rings is 1. The molecule has 2 aromatic rings. The highest BCUT2D eigenvalue weighted by molar-refractivity contribution is 7.88. The van der Waals surface area contributed by atoms with E-state index in [0.717, 1.165) is 42.5 Å². The number of nitrogens with one attached hydrogen (secondary N) is 1. The standard InChI is InChI=1S/C19H26N4O3S/c1-15-16(14-22(21-15)17-9-4-3-5-10-17)8-6-12-20-19(24)18-11-7-13-23(18)27(2,25)26/h3-5,9-10,14,18H,6-8,11-13H2,1-2H3,(H,20,24). The first-order chi connectivity index (χ1) is 12.9. The van der Waals surface area contributed by atoms with Crippen LogP contribution in [0.1, 0.15) is 30.5 Å². The van der Waals surface area contributed by atoms with Crippen molar-refractivity contribution < 1.29 is 13.2 Å². The van der Waals surface area contributed by atoms with Gasteiger partial charge >= 0.3 is 0 Å². The van der Waals surface area contributed by atoms with E-state index in [9.17, 15) is 13.2 Å². The van der Waals surface area contributed by atoms with E-state index in [1.54, 1.807) is 0 Å². The van der Waals surface area contributed by atoms with Gasteiger partial charge in [0.15, 0.2) is 0 Å². The predicted molar refractivity (Wildman–Crippen MR) is 104 cm³/mol. The van der Waals surface area contributed by atoms with Crippen LogP contribution < -0.4 is 5.32 Å². The maximum Gasteiger partial charge on any atom is 0.238 e. The van der Waals surface area contributed by atoms with Crippen molar-refractivity contribution in [3.8, 4) is 5.69 Å². The van der Waals surface area contributed by atoms with Crippen molar-refractivity contribution in [2.24, 2.45) is 0 Å². The summed E-state index contributed by atoms with van der Waals surface area (Å²) in [7, 11) is -3.34. The molecule has 27 heavy (non-hydrogen) atoms. The fourth-order valence-electron chi connectivity index (χ4n) is 3.46. The van der Waals surface area contributed by atoms with Crippen LogP contribution in [-0.4, -0.2) is 53.8 Å². The van der Waals surface area contributed by atoms with E-state index in [0.29, 0.717) is 19.5 Å². The van der Waals surface area contributed by atoms with Crippen molar-refractivity contribution in [1.29, 1.82) is 0 Å². The molecule has 1 N–H and O–H groups in total. The number of amides is 1. The summed E-state index contributed by atoms with van der Waals surface area (Å²) in [6.07, 6.45) is 6.07. The Morgan fingerprint density at radius 2 is 2.04 bits per heavy atom. The molecule has 1 atom stereocenters. The molecule has 0 saturated carbocycles. The van der Waals surface area contributed by atoms with Crippen molar-refractivity contribution >= 4 is 15.9 Å². The number of hydrogen-bond donors (Lipinski definition) is 1. The minimum atomic E-state index is -3.34. The Labute approximate surface area is 160 Å². The van der Waals surface area contributed by atoms with Crippen molar-refractivity contribution in [3.63, 3.8) is 0 Å². The van der Waals surface area contributed by atoms with Crippen molar-refractivity contribution in [2.75, 3.05) is 19.3 Å². The van der Waals surface area contributed by atoms with Crippen LogP contribution in [0, 0.1) is 6.92 Å². The van der Waals surface area contributed by atoms with Crippen LogP contribution in [0.15, 0.2) is 36.5 Å². The zero-order valence-electron chi connectivity index (χ0n) is 15.8. The first kappa shape index (κ1) is 19.6. The van der Waals surface area contributed by atoms with Gasteiger partial charge in [-0.15, -0.1) is 0 Å². The molecular formula is C19H26N4O3S. The lowest BCUT2D eigenvalue weighted by atomic mass is 10.1. The Hall–Kier alpha value is -2.19. The van der Waals surface area contributed by atoms with E-state index in [4.69, 9.17) is 0 Å². The fourth-order valence-corrected chi connectivity index (χ4v) is 4.59. The summed E-state index contributed by atoms with van der Waals surface area (Å²) in [6, 6.07) is 9.37. The SMILES string of the molecule is Cc1nn(-c2ccccc2)cc1CCCNC(=O)C1CCCN1S(C)(=O)=O. The minimum absolute atomic E-state index is 0.199. The molecule has 0 spiro atoms. The Bertz CT molecular complexity index is 893. The average molecular weight is 391 g/mol. The summed E-state index contributed by atoms with van der Waals surface area (Å²) in [5, 5.41) is 7.43. The zero-order valence-corrected chi connectivity index (χ0v) is 16.6. The summed E-state index contributed by atoms with van der Waals surface area (Å²) >= 11 is 0. The minimum Gasteiger partial charge on any atom is -0.355 e. The lowest BCUT2D eigenvalue weighted by Gasteiger charge is -2.21. The monoisotopic (exact) mass is 390 g/mol. The van der Waals surface area contributed by atoms with E-state index in [1.807, 2.05) is 48.1 Å². The lowest BCUT2D eigenvalue weighted by molar-refractivity contribution is -0.124. The molecule has 0 aliphatic carbocycles. The van der Waals surface area contributed by atoms with Crippen LogP contribution in [0.25, 0.3) is 5.69 Å². The van der Waals surface area contributed by atoms with E-state index < -0.39 is 16.1 Å². The van der Waals surface area contributed by atoms with E-state index in [1.165, 1.54) is 4.31 Å². The van der Waals surface area contributed by atoms with Gasteiger partial charge in [0.05, 0.1) is 17.6 Å². The number of carbonyl (C=O) groups is 1. The molecule has 1 amide bonds. The zero-order chi connectivity index (χ0) is 19.4. The highest BCUT2D eigenvalue weighted by Crippen LogP contribution is 2.20. The van der Waals surface area contributed by atoms with Gasteiger partial charge in [0, 0.05) is 19.3 Å². The van der Waals surface area contributed by atoms with Gasteiger partial charge in [-0.3, -0.25) is 4.79 Å². The number of hydrogen-bond acceptors (Lipinski definition) is 4. The molecule has 0 bridgehead atoms. The highest BCUT2D eigenvalue weighted by atomic mass is 32.2. The Kier molecular flexibility index (Phi) is 5.96. The summed E-state index contributed by atoms with van der Waals surface area (Å²) in [4.78, 5) is 12.3. The molecule has 1 fully saturated rings. The number of nitrogens with zero attached hydrogens (tertiary/aromatic N) is 3. The van der Waals surface area contributed by atoms with Crippen LogP contribution >= 0.6 is 0 Å². The predicted octanol–water partition coefficient (Wildman–Crippen LogP) is 1.65. The van der Waals surface area contributed by atoms with Gasteiger partial charge in [0.1, 0.15) is 6.04 Å². The molecule has 1 aromatic heterocycles. The molecule has 1 unspecified atom stereocenters. The molecule has 1 aliphatic heterocycles. The molecule has 0 radical (unpaired) electrons. The van der Waals surface area contributed by atoms with E-state index in [2.05, 4.69) is 10.4 Å². The molecule has 8 heteroatoms. The smallest absolute Gasteiger partial charge is 0.238 e. The molecule has 7 nitrogen and oxygen atoms in total. The Morgan fingerprint density at radius 1 is 1.30 bits per heavy atom. The molecule has 1 aromatic carbocycles. The van der Waals surface area contributed by atoms with Gasteiger partial charge < -0.3 is 5.32 Å². The fraction of sp³-hybridized carbons (Fsp3) is 0.474. The van der Waals surface area contributed by atoms with Crippen molar-refractivity contribution in [3.05, 3.63) is 47.8 Å². The van der Waals surface area contributed by atoms with Crippen molar-refractivity contribution in [1.82, 2.24) is 19.4 Å². The van der Waals surface area contributed by atoms with Crippen molar-refractivity contribution in [2.45, 2.75) is 38.6 Å². The first-order valence-electron chi connectivity index (χ1n) is 9.21. The van der Waals surface area contributed by atoms with Gasteiger partial charge in [-0.2, -0.15) is 9.40 Å². The number of sulfonamides is 1. The quantitative estimate of drug-likeness (QED) is 0.729. The molecule has 1 saturated heterocycles. The second-order valence-electron chi connectivity index (χ2n) is 6.95. The van der Waals surface area contributed by atoms with Crippen LogP contribution in [-0.2, 0) is 21.2 Å². The number of para-hydroxylation sites is 1. The summed E-state index contributed by atoms with van der Waals surface area (Å²) < 4.78 is 26.7. The van der Waals surface area contributed by atoms with Crippen LogP contribution in [0.4, 0.5) is 0 Å². The average Bonchev–Trinajstić information content (AvgIpc) is 3.26. The normalized spacial score (nSPS) is 17.9. The summed E-state index contributed by atoms with van der Waals surface area (Å²) in [6.45, 7) is 2.92. The van der Waals surface area contributed by atoms with Crippen LogP contribution in [0.3, 0.4) is 0 Å². The maximum atomic E-state index is 12.3. The third kappa shape index (κ3) is 4.75. The molecule has 2 heterocycles. The maximum absolute atomic E-state index is 12.3. The Morgan fingerprint density at radius 3 is 2.74 bits per heavy atom. The largest absolute Gasteiger partial charge is 0.355 e. The molecule has 3 rings (SSSR count). The number of aryl methyl sites for hydroxylation is 2. The second-order valence-corrected chi connectivity index (χ2v) is 8.88. The molecular weight excluding hydrogens is 364 g/mol. The number of carbonyl (C=O) groups excluding carboxylic acids is 1. The lowest BCUT2D eigenvalue weighted by Crippen LogP contribution is -2.45. The summed E-state index contributed by atoms with van der Waals surface area (Å²) in [5.41, 5.74) is 3.14. The number of rotatable bonds is 7. The van der Waals surface area contributed by atoms with Gasteiger partial charge in [-0.1, -0.05) is 18.2 Å². The topological polar surface area (TPSA) is 84.3 Å². The molecule has 1 aliphatic rings. The number of aromatic nitrogens is 2. The van der Waals surface area contributed by atoms with E-state index in [-0.39, 0.29) is 5.91 Å². The highest BCUT2D eigenvalue weighted by Gasteiger charge is 2.36. The first-order valence-corrected chi connectivity index (χ1v) is 11.1.